The first kappa shape index (κ1) is 32.0. The van der Waals surface area contributed by atoms with Crippen molar-refractivity contribution in [3.63, 3.8) is 0 Å². The van der Waals surface area contributed by atoms with Crippen LogP contribution in [-0.4, -0.2) is 15.0 Å². The van der Waals surface area contributed by atoms with Gasteiger partial charge in [-0.2, -0.15) is 5.26 Å². The van der Waals surface area contributed by atoms with Crippen LogP contribution in [0.1, 0.15) is 30.5 Å². The van der Waals surface area contributed by atoms with E-state index in [0.717, 1.165) is 61.5 Å². The molecule has 6 aromatic carbocycles. The molecule has 4 heteroatoms. The van der Waals surface area contributed by atoms with Crippen molar-refractivity contribution in [1.29, 1.82) is 5.26 Å². The summed E-state index contributed by atoms with van der Waals surface area (Å²) < 4.78 is 0. The molecule has 0 unspecified atom stereocenters. The van der Waals surface area contributed by atoms with Crippen molar-refractivity contribution in [2.45, 2.75) is 19.3 Å². The average molecular weight is 679 g/mol. The molecule has 53 heavy (non-hydrogen) atoms. The minimum Gasteiger partial charge on any atom is -0.264 e. The summed E-state index contributed by atoms with van der Waals surface area (Å²) in [4.78, 5) is 14.8. The predicted molar refractivity (Wildman–Crippen MR) is 215 cm³/mol. The number of nitrogens with zero attached hydrogens (tertiary/aromatic N) is 4. The minimum atomic E-state index is -0.260. The minimum absolute atomic E-state index is 0.260. The van der Waals surface area contributed by atoms with Gasteiger partial charge >= 0.3 is 0 Å². The largest absolute Gasteiger partial charge is 0.264 e. The van der Waals surface area contributed by atoms with E-state index in [2.05, 4.69) is 128 Å². The number of rotatable bonds is 6. The maximum Gasteiger partial charge on any atom is 0.160 e. The van der Waals surface area contributed by atoms with Gasteiger partial charge in [0.2, 0.25) is 0 Å². The topological polar surface area (TPSA) is 62.5 Å². The first-order valence-electron chi connectivity index (χ1n) is 17.8. The van der Waals surface area contributed by atoms with Gasteiger partial charge in [0.1, 0.15) is 0 Å². The van der Waals surface area contributed by atoms with E-state index in [4.69, 9.17) is 9.97 Å². The Kier molecular flexibility index (Phi) is 7.83. The van der Waals surface area contributed by atoms with Crippen LogP contribution >= 0.6 is 0 Å². The lowest BCUT2D eigenvalue weighted by Gasteiger charge is -2.22. The molecule has 2 aromatic heterocycles. The van der Waals surface area contributed by atoms with Gasteiger partial charge in [-0.05, 0) is 105 Å². The summed E-state index contributed by atoms with van der Waals surface area (Å²) in [5, 5.41) is 9.67. The first-order chi connectivity index (χ1) is 25.9. The Hall–Kier alpha value is -6.96. The first-order valence-corrected chi connectivity index (χ1v) is 17.8. The molecule has 2 heterocycles. The van der Waals surface area contributed by atoms with Gasteiger partial charge in [-0.15, -0.1) is 0 Å². The van der Waals surface area contributed by atoms with Crippen molar-refractivity contribution in [2.75, 3.05) is 0 Å². The van der Waals surface area contributed by atoms with Gasteiger partial charge in [-0.25, -0.2) is 9.97 Å². The van der Waals surface area contributed by atoms with Crippen LogP contribution in [-0.2, 0) is 5.41 Å². The van der Waals surface area contributed by atoms with Crippen LogP contribution in [0.25, 0.3) is 78.4 Å². The summed E-state index contributed by atoms with van der Waals surface area (Å²) in [6.45, 7) is 4.50. The molecule has 9 rings (SSSR count). The fourth-order valence-corrected chi connectivity index (χ4v) is 7.58. The van der Waals surface area contributed by atoms with Crippen molar-refractivity contribution >= 4 is 0 Å². The van der Waals surface area contributed by atoms with E-state index < -0.39 is 0 Å². The van der Waals surface area contributed by atoms with Crippen LogP contribution in [0.5, 0.6) is 0 Å². The summed E-state index contributed by atoms with van der Waals surface area (Å²) >= 11 is 0. The van der Waals surface area contributed by atoms with E-state index in [9.17, 15) is 5.26 Å². The summed E-state index contributed by atoms with van der Waals surface area (Å²) in [6, 6.07) is 57.2. The fraction of sp³-hybridized carbons (Fsp3) is 0.0612. The zero-order chi connectivity index (χ0) is 35.9. The summed E-state index contributed by atoms with van der Waals surface area (Å²) in [5.41, 5.74) is 16.5. The van der Waals surface area contributed by atoms with Crippen LogP contribution in [0.4, 0.5) is 0 Å². The van der Waals surface area contributed by atoms with Crippen molar-refractivity contribution in [3.8, 4) is 84.5 Å². The molecule has 0 fully saturated rings. The lowest BCUT2D eigenvalue weighted by atomic mass is 9.81. The van der Waals surface area contributed by atoms with Gasteiger partial charge in [0, 0.05) is 40.1 Å². The van der Waals surface area contributed by atoms with Crippen LogP contribution in [0.15, 0.2) is 170 Å². The second kappa shape index (κ2) is 13.0. The van der Waals surface area contributed by atoms with Gasteiger partial charge in [-0.3, -0.25) is 4.98 Å². The van der Waals surface area contributed by atoms with E-state index in [1.165, 1.54) is 22.3 Å². The van der Waals surface area contributed by atoms with Gasteiger partial charge in [0.15, 0.2) is 5.82 Å². The molecule has 1 aliphatic carbocycles. The van der Waals surface area contributed by atoms with Gasteiger partial charge < -0.3 is 0 Å². The van der Waals surface area contributed by atoms with E-state index in [1.54, 1.807) is 6.20 Å². The van der Waals surface area contributed by atoms with E-state index in [1.807, 2.05) is 60.8 Å². The third-order valence-electron chi connectivity index (χ3n) is 10.4. The highest BCUT2D eigenvalue weighted by Crippen LogP contribution is 2.50. The predicted octanol–water partition coefficient (Wildman–Crippen LogP) is 12.1. The quantitative estimate of drug-likeness (QED) is 0.176. The molecule has 250 valence electrons. The molecule has 4 nitrogen and oxygen atoms in total. The third kappa shape index (κ3) is 5.89. The Labute approximate surface area is 309 Å². The molecule has 0 N–H and O–H groups in total. The SMILES string of the molecule is CC1(C)c2cc(C#N)ccc2-c2ccc(-c3cc(-c4cccc(-c5cccnc5)c4)cc(-c4nc(-c5ccccc5)cc(-c5ccccc5)n4)c3)cc21. The Morgan fingerprint density at radius 3 is 1.60 bits per heavy atom. The Balaban J connectivity index is 1.25. The molecular formula is C49H34N4. The molecule has 0 saturated heterocycles. The summed E-state index contributed by atoms with van der Waals surface area (Å²) in [5.74, 6) is 0.662. The van der Waals surface area contributed by atoms with Crippen LogP contribution in [0, 0.1) is 11.3 Å². The van der Waals surface area contributed by atoms with Gasteiger partial charge in [-0.1, -0.05) is 117 Å². The fourth-order valence-electron chi connectivity index (χ4n) is 7.58. The molecule has 0 aliphatic heterocycles. The van der Waals surface area contributed by atoms with Gasteiger partial charge in [0.05, 0.1) is 23.0 Å². The molecule has 0 bridgehead atoms. The van der Waals surface area contributed by atoms with Crippen molar-refractivity contribution in [2.24, 2.45) is 0 Å². The van der Waals surface area contributed by atoms with E-state index >= 15 is 0 Å². The monoisotopic (exact) mass is 678 g/mol. The molecule has 0 atom stereocenters. The third-order valence-corrected chi connectivity index (χ3v) is 10.4. The molecular weight excluding hydrogens is 645 g/mol. The smallest absolute Gasteiger partial charge is 0.160 e. The number of hydrogen-bond acceptors (Lipinski definition) is 4. The zero-order valence-electron chi connectivity index (χ0n) is 29.5. The van der Waals surface area contributed by atoms with Crippen LogP contribution < -0.4 is 0 Å². The molecule has 0 radical (unpaired) electrons. The van der Waals surface area contributed by atoms with Crippen molar-refractivity contribution in [1.82, 2.24) is 15.0 Å². The number of aromatic nitrogens is 3. The number of pyridine rings is 1. The molecule has 1 aliphatic rings. The highest BCUT2D eigenvalue weighted by Gasteiger charge is 2.36. The highest BCUT2D eigenvalue weighted by atomic mass is 14.9. The maximum absolute atomic E-state index is 9.67. The Bertz CT molecular complexity index is 2630. The molecule has 8 aromatic rings. The Morgan fingerprint density at radius 2 is 0.981 bits per heavy atom. The summed E-state index contributed by atoms with van der Waals surface area (Å²) in [6.07, 6.45) is 3.70. The zero-order valence-corrected chi connectivity index (χ0v) is 29.5. The maximum atomic E-state index is 9.67. The van der Waals surface area contributed by atoms with E-state index in [-0.39, 0.29) is 5.41 Å². The number of nitriles is 1. The number of hydrogen-bond donors (Lipinski definition) is 0. The highest BCUT2D eigenvalue weighted by molar-refractivity contribution is 5.87. The standard InChI is InChI=1S/C49H34N4/c1-49(2)44-23-32(30-50)18-20-42(44)43-21-19-37(28-45(43)49)40-25-39(36-16-9-15-35(24-36)38-17-10-22-51-31-38)26-41(27-40)48-52-46(33-11-5-3-6-12-33)29-47(53-48)34-13-7-4-8-14-34/h3-29,31H,1-2H3. The van der Waals surface area contributed by atoms with Crippen LogP contribution in [0.3, 0.4) is 0 Å². The number of benzene rings is 6. The Morgan fingerprint density at radius 1 is 0.453 bits per heavy atom. The molecule has 0 spiro atoms. The number of fused-ring (bicyclic) bond motifs is 3. The second-order valence-electron chi connectivity index (χ2n) is 14.1. The van der Waals surface area contributed by atoms with Crippen LogP contribution in [0.2, 0.25) is 0 Å². The summed E-state index contributed by atoms with van der Waals surface area (Å²) in [7, 11) is 0. The molecule has 0 saturated carbocycles. The normalized spacial score (nSPS) is 12.5. The molecule has 0 amide bonds. The van der Waals surface area contributed by atoms with E-state index in [0.29, 0.717) is 11.4 Å². The lowest BCUT2D eigenvalue weighted by molar-refractivity contribution is 0.660. The average Bonchev–Trinajstić information content (AvgIpc) is 3.46. The van der Waals surface area contributed by atoms with Crippen molar-refractivity contribution < 1.29 is 0 Å². The lowest BCUT2D eigenvalue weighted by Crippen LogP contribution is -2.15. The second-order valence-corrected chi connectivity index (χ2v) is 14.1. The van der Waals surface area contributed by atoms with Gasteiger partial charge in [0.25, 0.3) is 0 Å². The van der Waals surface area contributed by atoms with Crippen molar-refractivity contribution in [3.05, 3.63) is 187 Å².